The van der Waals surface area contributed by atoms with Crippen molar-refractivity contribution < 1.29 is 9.53 Å². The zero-order valence-corrected chi connectivity index (χ0v) is 14.2. The van der Waals surface area contributed by atoms with Crippen LogP contribution in [0.4, 0.5) is 0 Å². The molecule has 3 aromatic rings. The van der Waals surface area contributed by atoms with Gasteiger partial charge in [-0.05, 0) is 24.0 Å². The van der Waals surface area contributed by atoms with Crippen molar-refractivity contribution in [3.05, 3.63) is 78.9 Å². The van der Waals surface area contributed by atoms with E-state index in [0.717, 1.165) is 47.1 Å². The number of aldehydes is 1. The van der Waals surface area contributed by atoms with E-state index >= 15 is 0 Å². The number of para-hydroxylation sites is 1. The molecule has 2 nitrogen and oxygen atoms in total. The summed E-state index contributed by atoms with van der Waals surface area (Å²) in [6.45, 7) is 0.609. The topological polar surface area (TPSA) is 26.3 Å². The monoisotopic (exact) mass is 330 g/mol. The number of rotatable bonds is 8. The summed E-state index contributed by atoms with van der Waals surface area (Å²) >= 11 is 0. The van der Waals surface area contributed by atoms with Crippen molar-refractivity contribution in [2.45, 2.75) is 19.3 Å². The summed E-state index contributed by atoms with van der Waals surface area (Å²) in [7, 11) is 0. The SMILES string of the molecule is O=CCCCCOc1c(-c2ccccc2)cccc1-c1ccccc1. The molecule has 0 atom stereocenters. The largest absolute Gasteiger partial charge is 0.492 e. The van der Waals surface area contributed by atoms with Crippen LogP contribution in [0.15, 0.2) is 78.9 Å². The van der Waals surface area contributed by atoms with Crippen LogP contribution in [0.1, 0.15) is 19.3 Å². The number of benzene rings is 3. The van der Waals surface area contributed by atoms with E-state index in [1.54, 1.807) is 0 Å². The number of carbonyl (C=O) groups excluding carboxylic acids is 1. The van der Waals surface area contributed by atoms with E-state index in [1.807, 2.05) is 36.4 Å². The second-order valence-corrected chi connectivity index (χ2v) is 5.93. The first-order valence-corrected chi connectivity index (χ1v) is 8.70. The van der Waals surface area contributed by atoms with E-state index in [4.69, 9.17) is 4.74 Å². The van der Waals surface area contributed by atoms with Gasteiger partial charge in [0.1, 0.15) is 12.0 Å². The first kappa shape index (κ1) is 17.0. The van der Waals surface area contributed by atoms with Crippen molar-refractivity contribution in [2.24, 2.45) is 0 Å². The fourth-order valence-corrected chi connectivity index (χ4v) is 2.89. The molecule has 0 aromatic heterocycles. The second kappa shape index (κ2) is 8.84. The summed E-state index contributed by atoms with van der Waals surface area (Å²) in [4.78, 5) is 10.5. The van der Waals surface area contributed by atoms with Gasteiger partial charge in [-0.3, -0.25) is 0 Å². The Bertz CT molecular complexity index is 737. The Balaban J connectivity index is 1.96. The van der Waals surface area contributed by atoms with Crippen molar-refractivity contribution in [3.8, 4) is 28.0 Å². The molecule has 25 heavy (non-hydrogen) atoms. The number of hydrogen-bond acceptors (Lipinski definition) is 2. The minimum absolute atomic E-state index is 0.592. The van der Waals surface area contributed by atoms with E-state index in [2.05, 4.69) is 42.5 Å². The zero-order valence-electron chi connectivity index (χ0n) is 14.2. The summed E-state index contributed by atoms with van der Waals surface area (Å²) in [5.41, 5.74) is 4.47. The highest BCUT2D eigenvalue weighted by molar-refractivity contribution is 5.82. The van der Waals surface area contributed by atoms with Crippen LogP contribution >= 0.6 is 0 Å². The standard InChI is InChI=1S/C23H22O2/c24-17-8-3-9-18-25-23-21(19-11-4-1-5-12-19)15-10-16-22(23)20-13-6-2-7-14-20/h1-2,4-7,10-17H,3,8-9,18H2. The lowest BCUT2D eigenvalue weighted by Gasteiger charge is -2.16. The van der Waals surface area contributed by atoms with Gasteiger partial charge in [-0.15, -0.1) is 0 Å². The van der Waals surface area contributed by atoms with Gasteiger partial charge >= 0.3 is 0 Å². The van der Waals surface area contributed by atoms with E-state index in [0.29, 0.717) is 13.0 Å². The van der Waals surface area contributed by atoms with E-state index in [1.165, 1.54) is 0 Å². The first-order valence-electron chi connectivity index (χ1n) is 8.70. The highest BCUT2D eigenvalue weighted by Crippen LogP contribution is 2.39. The highest BCUT2D eigenvalue weighted by Gasteiger charge is 2.13. The lowest BCUT2D eigenvalue weighted by molar-refractivity contribution is -0.107. The number of carbonyl (C=O) groups is 1. The summed E-state index contributed by atoms with van der Waals surface area (Å²) in [5, 5.41) is 0. The van der Waals surface area contributed by atoms with Crippen LogP contribution in [-0.2, 0) is 4.79 Å². The molecule has 0 aliphatic carbocycles. The summed E-state index contributed by atoms with van der Waals surface area (Å²) in [6, 6.07) is 26.9. The van der Waals surface area contributed by atoms with Crippen LogP contribution in [-0.4, -0.2) is 12.9 Å². The van der Waals surface area contributed by atoms with E-state index in [-0.39, 0.29) is 0 Å². The predicted octanol–water partition coefficient (Wildman–Crippen LogP) is 5.77. The predicted molar refractivity (Wildman–Crippen MR) is 103 cm³/mol. The number of unbranched alkanes of at least 4 members (excludes halogenated alkanes) is 2. The van der Waals surface area contributed by atoms with Crippen LogP contribution in [0.3, 0.4) is 0 Å². The summed E-state index contributed by atoms with van der Waals surface area (Å²) < 4.78 is 6.21. The van der Waals surface area contributed by atoms with E-state index in [9.17, 15) is 4.79 Å². The lowest BCUT2D eigenvalue weighted by atomic mass is 9.97. The van der Waals surface area contributed by atoms with Gasteiger partial charge in [0.15, 0.2) is 0 Å². The van der Waals surface area contributed by atoms with Crippen LogP contribution in [0.25, 0.3) is 22.3 Å². The average molecular weight is 330 g/mol. The van der Waals surface area contributed by atoms with Gasteiger partial charge in [-0.1, -0.05) is 78.9 Å². The zero-order chi connectivity index (χ0) is 17.3. The minimum atomic E-state index is 0.592. The van der Waals surface area contributed by atoms with Gasteiger partial charge in [0.25, 0.3) is 0 Å². The molecule has 0 radical (unpaired) electrons. The molecule has 2 heteroatoms. The molecule has 0 N–H and O–H groups in total. The molecule has 0 unspecified atom stereocenters. The number of hydrogen-bond donors (Lipinski definition) is 0. The molecule has 0 amide bonds. The molecule has 0 aliphatic rings. The molecule has 3 rings (SSSR count). The molecule has 0 aliphatic heterocycles. The van der Waals surface area contributed by atoms with Gasteiger partial charge < -0.3 is 9.53 Å². The molecule has 0 saturated carbocycles. The van der Waals surface area contributed by atoms with Gasteiger partial charge in [-0.25, -0.2) is 0 Å². The van der Waals surface area contributed by atoms with Gasteiger partial charge in [0.05, 0.1) is 6.61 Å². The fourth-order valence-electron chi connectivity index (χ4n) is 2.89. The molecular formula is C23H22O2. The van der Waals surface area contributed by atoms with Crippen LogP contribution in [0.5, 0.6) is 5.75 Å². The number of ether oxygens (including phenoxy) is 1. The third kappa shape index (κ3) is 4.36. The van der Waals surface area contributed by atoms with Crippen molar-refractivity contribution in [2.75, 3.05) is 6.61 Å². The Morgan fingerprint density at radius 3 is 1.76 bits per heavy atom. The third-order valence-electron chi connectivity index (χ3n) is 4.15. The van der Waals surface area contributed by atoms with Crippen LogP contribution in [0, 0.1) is 0 Å². The fraction of sp³-hybridized carbons (Fsp3) is 0.174. The Morgan fingerprint density at radius 1 is 0.680 bits per heavy atom. The molecule has 126 valence electrons. The maximum absolute atomic E-state index is 10.5. The van der Waals surface area contributed by atoms with Gasteiger partial charge in [0.2, 0.25) is 0 Å². The Kier molecular flexibility index (Phi) is 6.00. The Labute approximate surface area is 149 Å². The smallest absolute Gasteiger partial charge is 0.134 e. The summed E-state index contributed by atoms with van der Waals surface area (Å²) in [6.07, 6.45) is 3.29. The van der Waals surface area contributed by atoms with Crippen LogP contribution in [0.2, 0.25) is 0 Å². The molecule has 3 aromatic carbocycles. The maximum Gasteiger partial charge on any atom is 0.134 e. The molecular weight excluding hydrogens is 308 g/mol. The Hall–Kier alpha value is -2.87. The second-order valence-electron chi connectivity index (χ2n) is 5.93. The van der Waals surface area contributed by atoms with Crippen molar-refractivity contribution >= 4 is 6.29 Å². The molecule has 0 bridgehead atoms. The average Bonchev–Trinajstić information content (AvgIpc) is 2.69. The maximum atomic E-state index is 10.5. The third-order valence-corrected chi connectivity index (χ3v) is 4.15. The van der Waals surface area contributed by atoms with Crippen molar-refractivity contribution in [1.82, 2.24) is 0 Å². The first-order chi connectivity index (χ1) is 12.4. The molecule has 0 fully saturated rings. The lowest BCUT2D eigenvalue weighted by Crippen LogP contribution is -2.01. The highest BCUT2D eigenvalue weighted by atomic mass is 16.5. The van der Waals surface area contributed by atoms with E-state index < -0.39 is 0 Å². The van der Waals surface area contributed by atoms with Gasteiger partial charge in [-0.2, -0.15) is 0 Å². The minimum Gasteiger partial charge on any atom is -0.492 e. The van der Waals surface area contributed by atoms with Gasteiger partial charge in [0, 0.05) is 17.5 Å². The molecule has 0 heterocycles. The normalized spacial score (nSPS) is 10.4. The van der Waals surface area contributed by atoms with Crippen LogP contribution < -0.4 is 4.74 Å². The molecule has 0 spiro atoms. The van der Waals surface area contributed by atoms with Crippen molar-refractivity contribution in [1.29, 1.82) is 0 Å². The molecule has 0 saturated heterocycles. The summed E-state index contributed by atoms with van der Waals surface area (Å²) in [5.74, 6) is 0.908. The quantitative estimate of drug-likeness (QED) is 0.387. The Morgan fingerprint density at radius 2 is 1.24 bits per heavy atom. The van der Waals surface area contributed by atoms with Crippen molar-refractivity contribution in [3.63, 3.8) is 0 Å².